The lowest BCUT2D eigenvalue weighted by molar-refractivity contribution is 0.0195. The first kappa shape index (κ1) is 17.5. The van der Waals surface area contributed by atoms with Crippen LogP contribution in [0.4, 0.5) is 4.79 Å². The minimum atomic E-state index is -0.468. The molecule has 0 saturated carbocycles. The van der Waals surface area contributed by atoms with E-state index >= 15 is 0 Å². The summed E-state index contributed by atoms with van der Waals surface area (Å²) in [7, 11) is 0. The zero-order valence-electron chi connectivity index (χ0n) is 15.2. The quantitative estimate of drug-likeness (QED) is 0.891. The average molecular weight is 338 g/mol. The number of benzene rings is 2. The summed E-state index contributed by atoms with van der Waals surface area (Å²) in [5.41, 5.74) is 3.11. The van der Waals surface area contributed by atoms with Crippen molar-refractivity contribution in [3.63, 3.8) is 0 Å². The average Bonchev–Trinajstić information content (AvgIpc) is 2.61. The lowest BCUT2D eigenvalue weighted by atomic mass is 9.98. The SMILES string of the molecule is CC(C)(C)OC(=O)N1CCNC(c2cccc(-c3ccccc3)c2)C1. The predicted octanol–water partition coefficient (Wildman–Crippen LogP) is 4.24. The summed E-state index contributed by atoms with van der Waals surface area (Å²) < 4.78 is 5.51. The van der Waals surface area contributed by atoms with E-state index in [0.717, 1.165) is 6.54 Å². The summed E-state index contributed by atoms with van der Waals surface area (Å²) in [5, 5.41) is 3.51. The lowest BCUT2D eigenvalue weighted by Gasteiger charge is -2.35. The van der Waals surface area contributed by atoms with E-state index in [0.29, 0.717) is 13.1 Å². The van der Waals surface area contributed by atoms with Crippen molar-refractivity contribution in [2.24, 2.45) is 0 Å². The number of hydrogen-bond acceptors (Lipinski definition) is 3. The van der Waals surface area contributed by atoms with Crippen LogP contribution in [-0.2, 0) is 4.74 Å². The van der Waals surface area contributed by atoms with Crippen LogP contribution in [0, 0.1) is 0 Å². The van der Waals surface area contributed by atoms with Gasteiger partial charge in [0.25, 0.3) is 0 Å². The smallest absolute Gasteiger partial charge is 0.410 e. The molecule has 3 rings (SSSR count). The zero-order valence-corrected chi connectivity index (χ0v) is 15.2. The lowest BCUT2D eigenvalue weighted by Crippen LogP contribution is -2.49. The van der Waals surface area contributed by atoms with Crippen molar-refractivity contribution < 1.29 is 9.53 Å². The molecule has 0 aromatic heterocycles. The largest absolute Gasteiger partial charge is 0.444 e. The number of rotatable bonds is 2. The number of amides is 1. The fourth-order valence-electron chi connectivity index (χ4n) is 3.03. The van der Waals surface area contributed by atoms with Crippen molar-refractivity contribution in [1.29, 1.82) is 0 Å². The van der Waals surface area contributed by atoms with Gasteiger partial charge in [-0.3, -0.25) is 0 Å². The van der Waals surface area contributed by atoms with Crippen LogP contribution in [0.25, 0.3) is 11.1 Å². The maximum Gasteiger partial charge on any atom is 0.410 e. The highest BCUT2D eigenvalue weighted by Crippen LogP contribution is 2.25. The molecule has 0 radical (unpaired) electrons. The van der Waals surface area contributed by atoms with E-state index in [-0.39, 0.29) is 12.1 Å². The molecule has 1 fully saturated rings. The number of nitrogens with one attached hydrogen (secondary N) is 1. The first-order chi connectivity index (χ1) is 11.9. The fourth-order valence-corrected chi connectivity index (χ4v) is 3.03. The van der Waals surface area contributed by atoms with Gasteiger partial charge in [0.05, 0.1) is 6.04 Å². The van der Waals surface area contributed by atoms with Gasteiger partial charge in [0.15, 0.2) is 0 Å². The Bertz CT molecular complexity index is 722. The van der Waals surface area contributed by atoms with E-state index in [9.17, 15) is 4.79 Å². The van der Waals surface area contributed by atoms with Gasteiger partial charge in [-0.05, 0) is 43.5 Å². The van der Waals surface area contributed by atoms with E-state index in [1.165, 1.54) is 16.7 Å². The Labute approximate surface area is 149 Å². The number of ether oxygens (including phenoxy) is 1. The topological polar surface area (TPSA) is 41.6 Å². The van der Waals surface area contributed by atoms with Gasteiger partial charge >= 0.3 is 6.09 Å². The van der Waals surface area contributed by atoms with E-state index in [4.69, 9.17) is 4.74 Å². The summed E-state index contributed by atoms with van der Waals surface area (Å²) in [6.07, 6.45) is -0.238. The van der Waals surface area contributed by atoms with Gasteiger partial charge in [0.2, 0.25) is 0 Å². The second-order valence-corrected chi connectivity index (χ2v) is 7.42. The summed E-state index contributed by atoms with van der Waals surface area (Å²) in [6, 6.07) is 19.0. The van der Waals surface area contributed by atoms with Crippen molar-refractivity contribution in [2.45, 2.75) is 32.4 Å². The van der Waals surface area contributed by atoms with Crippen LogP contribution in [0.3, 0.4) is 0 Å². The van der Waals surface area contributed by atoms with Crippen molar-refractivity contribution >= 4 is 6.09 Å². The molecule has 1 aliphatic heterocycles. The highest BCUT2D eigenvalue weighted by Gasteiger charge is 2.28. The molecular weight excluding hydrogens is 312 g/mol. The molecule has 0 spiro atoms. The molecule has 1 N–H and O–H groups in total. The van der Waals surface area contributed by atoms with E-state index < -0.39 is 5.60 Å². The number of hydrogen-bond donors (Lipinski definition) is 1. The summed E-state index contributed by atoms with van der Waals surface area (Å²) in [5.74, 6) is 0. The second kappa shape index (κ2) is 7.28. The van der Waals surface area contributed by atoms with Gasteiger partial charge in [-0.1, -0.05) is 48.5 Å². The van der Waals surface area contributed by atoms with Crippen LogP contribution in [0.5, 0.6) is 0 Å². The molecule has 4 nitrogen and oxygen atoms in total. The van der Waals surface area contributed by atoms with Crippen LogP contribution in [-0.4, -0.2) is 36.2 Å². The number of nitrogens with zero attached hydrogens (tertiary/aromatic N) is 1. The number of carbonyl (C=O) groups is 1. The molecule has 0 bridgehead atoms. The van der Waals surface area contributed by atoms with Gasteiger partial charge in [0.1, 0.15) is 5.60 Å². The summed E-state index contributed by atoms with van der Waals surface area (Å²) >= 11 is 0. The van der Waals surface area contributed by atoms with Gasteiger partial charge in [-0.2, -0.15) is 0 Å². The molecule has 1 saturated heterocycles. The Morgan fingerprint density at radius 1 is 1.08 bits per heavy atom. The Morgan fingerprint density at radius 2 is 1.80 bits per heavy atom. The summed E-state index contributed by atoms with van der Waals surface area (Å²) in [6.45, 7) is 7.74. The van der Waals surface area contributed by atoms with Crippen LogP contribution in [0.2, 0.25) is 0 Å². The van der Waals surface area contributed by atoms with E-state index in [1.54, 1.807) is 4.90 Å². The third kappa shape index (κ3) is 4.60. The molecule has 1 heterocycles. The molecule has 132 valence electrons. The van der Waals surface area contributed by atoms with Crippen LogP contribution in [0.15, 0.2) is 54.6 Å². The molecule has 4 heteroatoms. The van der Waals surface area contributed by atoms with Gasteiger partial charge in [-0.15, -0.1) is 0 Å². The molecule has 1 unspecified atom stereocenters. The second-order valence-electron chi connectivity index (χ2n) is 7.42. The van der Waals surface area contributed by atoms with Crippen LogP contribution in [0.1, 0.15) is 32.4 Å². The normalized spacial score (nSPS) is 18.0. The molecular formula is C21H26N2O2. The molecule has 1 aliphatic rings. The first-order valence-corrected chi connectivity index (χ1v) is 8.79. The van der Waals surface area contributed by atoms with Crippen LogP contribution < -0.4 is 5.32 Å². The standard InChI is InChI=1S/C21H26N2O2/c1-21(2,3)25-20(24)23-13-12-22-19(15-23)18-11-7-10-17(14-18)16-8-5-4-6-9-16/h4-11,14,19,22H,12-13,15H2,1-3H3. The molecule has 2 aromatic carbocycles. The fraction of sp³-hybridized carbons (Fsp3) is 0.381. The van der Waals surface area contributed by atoms with E-state index in [1.807, 2.05) is 39.0 Å². The Balaban J connectivity index is 1.75. The number of carbonyl (C=O) groups excluding carboxylic acids is 1. The maximum absolute atomic E-state index is 12.4. The summed E-state index contributed by atoms with van der Waals surface area (Å²) in [4.78, 5) is 14.1. The van der Waals surface area contributed by atoms with Crippen molar-refractivity contribution in [2.75, 3.05) is 19.6 Å². The third-order valence-corrected chi connectivity index (χ3v) is 4.22. The van der Waals surface area contributed by atoms with E-state index in [2.05, 4.69) is 41.7 Å². The maximum atomic E-state index is 12.4. The highest BCUT2D eigenvalue weighted by molar-refractivity contribution is 5.68. The first-order valence-electron chi connectivity index (χ1n) is 8.79. The van der Waals surface area contributed by atoms with Gasteiger partial charge < -0.3 is 15.0 Å². The monoisotopic (exact) mass is 338 g/mol. The molecule has 2 aromatic rings. The third-order valence-electron chi connectivity index (χ3n) is 4.22. The van der Waals surface area contributed by atoms with Crippen molar-refractivity contribution in [3.05, 3.63) is 60.2 Å². The Kier molecular flexibility index (Phi) is 5.09. The number of piperazine rings is 1. The highest BCUT2D eigenvalue weighted by atomic mass is 16.6. The Morgan fingerprint density at radius 3 is 2.52 bits per heavy atom. The molecule has 1 amide bonds. The van der Waals surface area contributed by atoms with Crippen LogP contribution >= 0.6 is 0 Å². The minimum Gasteiger partial charge on any atom is -0.444 e. The zero-order chi connectivity index (χ0) is 17.9. The predicted molar refractivity (Wildman–Crippen MR) is 100 cm³/mol. The minimum absolute atomic E-state index is 0.116. The van der Waals surface area contributed by atoms with Gasteiger partial charge in [0, 0.05) is 19.6 Å². The molecule has 25 heavy (non-hydrogen) atoms. The molecule has 1 atom stereocenters. The van der Waals surface area contributed by atoms with Crippen molar-refractivity contribution in [1.82, 2.24) is 10.2 Å². The molecule has 0 aliphatic carbocycles. The Hall–Kier alpha value is -2.33. The van der Waals surface area contributed by atoms with Crippen molar-refractivity contribution in [3.8, 4) is 11.1 Å². The van der Waals surface area contributed by atoms with Gasteiger partial charge in [-0.25, -0.2) is 4.79 Å².